The molecule has 1 heterocycles. The average Bonchev–Trinajstić information content (AvgIpc) is 2.61. The Morgan fingerprint density at radius 2 is 1.56 bits per heavy atom. The Balaban J connectivity index is 1.57. The summed E-state index contributed by atoms with van der Waals surface area (Å²) < 4.78 is 12.9. The number of rotatable bonds is 5. The SMILES string of the molecule is Cc1ccc(Nc2ccc(NC(=O)Cc3ccc(F)cc3)nn2)cc1. The highest BCUT2D eigenvalue weighted by Gasteiger charge is 2.06. The van der Waals surface area contributed by atoms with E-state index in [4.69, 9.17) is 0 Å². The summed E-state index contributed by atoms with van der Waals surface area (Å²) >= 11 is 0. The number of anilines is 3. The molecule has 0 unspecified atom stereocenters. The lowest BCUT2D eigenvalue weighted by atomic mass is 10.1. The van der Waals surface area contributed by atoms with Crippen LogP contribution in [0.15, 0.2) is 60.7 Å². The van der Waals surface area contributed by atoms with Crippen molar-refractivity contribution in [2.24, 2.45) is 0 Å². The summed E-state index contributed by atoms with van der Waals surface area (Å²) in [7, 11) is 0. The number of benzene rings is 2. The van der Waals surface area contributed by atoms with Gasteiger partial charge in [-0.3, -0.25) is 4.79 Å². The molecule has 2 aromatic carbocycles. The van der Waals surface area contributed by atoms with Crippen molar-refractivity contribution in [1.29, 1.82) is 0 Å². The van der Waals surface area contributed by atoms with Crippen LogP contribution in [0.4, 0.5) is 21.7 Å². The fraction of sp³-hybridized carbons (Fsp3) is 0.105. The van der Waals surface area contributed by atoms with Gasteiger partial charge in [0.15, 0.2) is 11.6 Å². The second-order valence-corrected chi connectivity index (χ2v) is 5.65. The largest absolute Gasteiger partial charge is 0.339 e. The lowest BCUT2D eigenvalue weighted by Gasteiger charge is -2.07. The Labute approximate surface area is 144 Å². The topological polar surface area (TPSA) is 66.9 Å². The Kier molecular flexibility index (Phi) is 4.99. The third kappa shape index (κ3) is 4.84. The van der Waals surface area contributed by atoms with Crippen molar-refractivity contribution in [3.8, 4) is 0 Å². The fourth-order valence-electron chi connectivity index (χ4n) is 2.23. The normalized spacial score (nSPS) is 10.3. The average molecular weight is 336 g/mol. The molecule has 25 heavy (non-hydrogen) atoms. The Morgan fingerprint density at radius 1 is 0.920 bits per heavy atom. The zero-order valence-corrected chi connectivity index (χ0v) is 13.7. The van der Waals surface area contributed by atoms with Gasteiger partial charge in [-0.05, 0) is 48.9 Å². The first-order valence-electron chi connectivity index (χ1n) is 7.80. The van der Waals surface area contributed by atoms with E-state index in [0.29, 0.717) is 11.6 Å². The second kappa shape index (κ2) is 7.53. The monoisotopic (exact) mass is 336 g/mol. The third-order valence-corrected chi connectivity index (χ3v) is 3.53. The molecule has 126 valence electrons. The van der Waals surface area contributed by atoms with E-state index in [1.807, 2.05) is 31.2 Å². The molecule has 0 aliphatic heterocycles. The number of aryl methyl sites for hydroxylation is 1. The van der Waals surface area contributed by atoms with Crippen molar-refractivity contribution in [2.45, 2.75) is 13.3 Å². The van der Waals surface area contributed by atoms with Crippen molar-refractivity contribution < 1.29 is 9.18 Å². The van der Waals surface area contributed by atoms with E-state index in [1.54, 1.807) is 24.3 Å². The quantitative estimate of drug-likeness (QED) is 0.743. The van der Waals surface area contributed by atoms with Crippen LogP contribution in [0.1, 0.15) is 11.1 Å². The van der Waals surface area contributed by atoms with Crippen LogP contribution in [0, 0.1) is 12.7 Å². The number of carbonyl (C=O) groups excluding carboxylic acids is 1. The molecule has 0 radical (unpaired) electrons. The summed E-state index contributed by atoms with van der Waals surface area (Å²) in [6, 6.07) is 17.1. The number of amides is 1. The van der Waals surface area contributed by atoms with Crippen LogP contribution in [0.5, 0.6) is 0 Å². The molecule has 3 rings (SSSR count). The predicted molar refractivity (Wildman–Crippen MR) is 95.2 cm³/mol. The summed E-state index contributed by atoms with van der Waals surface area (Å²) in [5.41, 5.74) is 2.81. The molecule has 1 amide bonds. The van der Waals surface area contributed by atoms with Crippen LogP contribution in [0.25, 0.3) is 0 Å². The molecule has 0 atom stereocenters. The molecular formula is C19H17FN4O. The van der Waals surface area contributed by atoms with E-state index in [9.17, 15) is 9.18 Å². The second-order valence-electron chi connectivity index (χ2n) is 5.65. The van der Waals surface area contributed by atoms with Gasteiger partial charge in [-0.1, -0.05) is 29.8 Å². The molecule has 0 saturated heterocycles. The molecular weight excluding hydrogens is 319 g/mol. The number of nitrogens with zero attached hydrogens (tertiary/aromatic N) is 2. The molecule has 0 fully saturated rings. The van der Waals surface area contributed by atoms with E-state index in [1.165, 1.54) is 17.7 Å². The highest BCUT2D eigenvalue weighted by molar-refractivity contribution is 5.91. The molecule has 0 aliphatic rings. The van der Waals surface area contributed by atoms with Crippen molar-refractivity contribution >= 4 is 23.2 Å². The van der Waals surface area contributed by atoms with Crippen molar-refractivity contribution in [3.63, 3.8) is 0 Å². The van der Waals surface area contributed by atoms with Crippen molar-refractivity contribution in [1.82, 2.24) is 10.2 Å². The van der Waals surface area contributed by atoms with Crippen LogP contribution in [0.3, 0.4) is 0 Å². The smallest absolute Gasteiger partial charge is 0.229 e. The van der Waals surface area contributed by atoms with E-state index >= 15 is 0 Å². The summed E-state index contributed by atoms with van der Waals surface area (Å²) in [6.07, 6.45) is 0.144. The van der Waals surface area contributed by atoms with Gasteiger partial charge in [0.25, 0.3) is 0 Å². The predicted octanol–water partition coefficient (Wildman–Crippen LogP) is 3.85. The maximum absolute atomic E-state index is 12.9. The zero-order chi connectivity index (χ0) is 17.6. The molecule has 2 N–H and O–H groups in total. The Bertz CT molecular complexity index is 846. The molecule has 5 nitrogen and oxygen atoms in total. The minimum Gasteiger partial charge on any atom is -0.339 e. The van der Waals surface area contributed by atoms with E-state index < -0.39 is 0 Å². The van der Waals surface area contributed by atoms with Gasteiger partial charge < -0.3 is 10.6 Å². The van der Waals surface area contributed by atoms with Gasteiger partial charge in [-0.15, -0.1) is 10.2 Å². The van der Waals surface area contributed by atoms with Crippen molar-refractivity contribution in [3.05, 3.63) is 77.6 Å². The minimum atomic E-state index is -0.327. The lowest BCUT2D eigenvalue weighted by molar-refractivity contribution is -0.115. The molecule has 0 saturated carbocycles. The molecule has 6 heteroatoms. The molecule has 1 aromatic heterocycles. The standard InChI is InChI=1S/C19H17FN4O/c1-13-2-8-16(9-3-13)21-17-10-11-18(24-23-17)22-19(25)12-14-4-6-15(20)7-5-14/h2-11H,12H2,1H3,(H,21,23)(H,22,24,25). The number of hydrogen-bond acceptors (Lipinski definition) is 4. The van der Waals surface area contributed by atoms with Crippen LogP contribution in [-0.2, 0) is 11.2 Å². The molecule has 0 aliphatic carbocycles. The van der Waals surface area contributed by atoms with E-state index in [-0.39, 0.29) is 18.1 Å². The van der Waals surface area contributed by atoms with Crippen LogP contribution >= 0.6 is 0 Å². The molecule has 0 spiro atoms. The molecule has 3 aromatic rings. The maximum Gasteiger partial charge on any atom is 0.229 e. The number of nitrogens with one attached hydrogen (secondary N) is 2. The maximum atomic E-state index is 12.9. The van der Waals surface area contributed by atoms with Gasteiger partial charge in [-0.2, -0.15) is 0 Å². The van der Waals surface area contributed by atoms with Crippen molar-refractivity contribution in [2.75, 3.05) is 10.6 Å². The van der Waals surface area contributed by atoms with Gasteiger partial charge in [-0.25, -0.2) is 4.39 Å². The van der Waals surface area contributed by atoms with E-state index in [0.717, 1.165) is 11.3 Å². The minimum absolute atomic E-state index is 0.144. The van der Waals surface area contributed by atoms with Crippen LogP contribution in [0.2, 0.25) is 0 Å². The lowest BCUT2D eigenvalue weighted by Crippen LogP contribution is -2.15. The fourth-order valence-corrected chi connectivity index (χ4v) is 2.23. The number of carbonyl (C=O) groups is 1. The third-order valence-electron chi connectivity index (χ3n) is 3.53. The van der Waals surface area contributed by atoms with Gasteiger partial charge in [0.05, 0.1) is 6.42 Å². The van der Waals surface area contributed by atoms with E-state index in [2.05, 4.69) is 20.8 Å². The first-order valence-corrected chi connectivity index (χ1v) is 7.80. The first-order chi connectivity index (χ1) is 12.1. The van der Waals surface area contributed by atoms with Gasteiger partial charge in [0.1, 0.15) is 5.82 Å². The highest BCUT2D eigenvalue weighted by atomic mass is 19.1. The highest BCUT2D eigenvalue weighted by Crippen LogP contribution is 2.15. The summed E-state index contributed by atoms with van der Waals surface area (Å²) in [5, 5.41) is 13.8. The van der Waals surface area contributed by atoms with Crippen LogP contribution in [-0.4, -0.2) is 16.1 Å². The number of halogens is 1. The summed E-state index contributed by atoms with van der Waals surface area (Å²) in [5.74, 6) is 0.383. The summed E-state index contributed by atoms with van der Waals surface area (Å²) in [6.45, 7) is 2.02. The van der Waals surface area contributed by atoms with Gasteiger partial charge >= 0.3 is 0 Å². The van der Waals surface area contributed by atoms with Crippen LogP contribution < -0.4 is 10.6 Å². The summed E-state index contributed by atoms with van der Waals surface area (Å²) in [4.78, 5) is 12.0. The number of aromatic nitrogens is 2. The Hall–Kier alpha value is -3.28. The zero-order valence-electron chi connectivity index (χ0n) is 13.7. The first kappa shape index (κ1) is 16.6. The van der Waals surface area contributed by atoms with Gasteiger partial charge in [0, 0.05) is 5.69 Å². The van der Waals surface area contributed by atoms with Gasteiger partial charge in [0.2, 0.25) is 5.91 Å². The molecule has 0 bridgehead atoms. The Morgan fingerprint density at radius 3 is 2.20 bits per heavy atom. The number of hydrogen-bond donors (Lipinski definition) is 2.